The van der Waals surface area contributed by atoms with Crippen LogP contribution in [0.5, 0.6) is 0 Å². The number of hydrogen-bond donors (Lipinski definition) is 0. The lowest BCUT2D eigenvalue weighted by atomic mass is 9.87. The number of halogens is 2. The standard InChI is InChI=1S/C19H16Cl2O/c1-22-18-7-3-6-17(14-4-2-5-16(21)12-14)19(18)13-8-10-15(20)11-9-13/h2,4-5,7-12H,3,6H2,1H3. The van der Waals surface area contributed by atoms with Crippen LogP contribution in [0, 0.1) is 0 Å². The second-order valence-electron chi connectivity index (χ2n) is 5.18. The molecule has 1 nitrogen and oxygen atoms in total. The Hall–Kier alpha value is -1.70. The van der Waals surface area contributed by atoms with E-state index >= 15 is 0 Å². The molecule has 0 amide bonds. The van der Waals surface area contributed by atoms with Gasteiger partial charge in [0.05, 0.1) is 7.11 Å². The smallest absolute Gasteiger partial charge is 0.123 e. The zero-order valence-electron chi connectivity index (χ0n) is 12.3. The van der Waals surface area contributed by atoms with Crippen molar-refractivity contribution in [1.29, 1.82) is 0 Å². The van der Waals surface area contributed by atoms with Gasteiger partial charge < -0.3 is 4.74 Å². The van der Waals surface area contributed by atoms with Crippen molar-refractivity contribution in [2.24, 2.45) is 0 Å². The summed E-state index contributed by atoms with van der Waals surface area (Å²) < 4.78 is 5.61. The Balaban J connectivity index is 2.19. The monoisotopic (exact) mass is 330 g/mol. The van der Waals surface area contributed by atoms with Crippen molar-refractivity contribution in [3.8, 4) is 0 Å². The minimum Gasteiger partial charge on any atom is -0.496 e. The third-order valence-corrected chi connectivity index (χ3v) is 4.29. The van der Waals surface area contributed by atoms with Gasteiger partial charge in [-0.2, -0.15) is 0 Å². The maximum absolute atomic E-state index is 6.16. The minimum absolute atomic E-state index is 0.729. The lowest BCUT2D eigenvalue weighted by Gasteiger charge is -2.22. The maximum Gasteiger partial charge on any atom is 0.123 e. The Labute approximate surface area is 140 Å². The molecule has 0 spiro atoms. The molecule has 0 saturated carbocycles. The molecule has 112 valence electrons. The Morgan fingerprint density at radius 3 is 2.36 bits per heavy atom. The predicted octanol–water partition coefficient (Wildman–Crippen LogP) is 6.23. The van der Waals surface area contributed by atoms with E-state index in [2.05, 4.69) is 12.1 Å². The van der Waals surface area contributed by atoms with Gasteiger partial charge in [-0.25, -0.2) is 0 Å². The molecule has 2 aromatic carbocycles. The van der Waals surface area contributed by atoms with Gasteiger partial charge in [-0.1, -0.05) is 47.5 Å². The summed E-state index contributed by atoms with van der Waals surface area (Å²) in [5, 5.41) is 1.47. The molecule has 2 aromatic rings. The number of allylic oxidation sites excluding steroid dienone is 3. The summed E-state index contributed by atoms with van der Waals surface area (Å²) in [7, 11) is 1.71. The van der Waals surface area contributed by atoms with Gasteiger partial charge in [0, 0.05) is 15.6 Å². The van der Waals surface area contributed by atoms with Crippen LogP contribution in [0.3, 0.4) is 0 Å². The molecule has 1 aliphatic rings. The fourth-order valence-corrected chi connectivity index (χ4v) is 3.12. The van der Waals surface area contributed by atoms with Crippen LogP contribution in [0.25, 0.3) is 11.1 Å². The van der Waals surface area contributed by atoms with Gasteiger partial charge in [0.15, 0.2) is 0 Å². The van der Waals surface area contributed by atoms with E-state index in [0.717, 1.165) is 45.3 Å². The topological polar surface area (TPSA) is 9.23 Å². The first-order valence-electron chi connectivity index (χ1n) is 7.18. The average Bonchev–Trinajstić information content (AvgIpc) is 2.55. The van der Waals surface area contributed by atoms with Gasteiger partial charge in [-0.05, 0) is 59.9 Å². The molecule has 0 N–H and O–H groups in total. The fourth-order valence-electron chi connectivity index (χ4n) is 2.81. The highest BCUT2D eigenvalue weighted by Gasteiger charge is 2.20. The van der Waals surface area contributed by atoms with Crippen LogP contribution in [-0.4, -0.2) is 7.11 Å². The Bertz CT molecular complexity index is 742. The molecular formula is C19H16Cl2O. The summed E-state index contributed by atoms with van der Waals surface area (Å²) in [4.78, 5) is 0. The molecule has 3 heteroatoms. The molecule has 0 aliphatic heterocycles. The zero-order valence-corrected chi connectivity index (χ0v) is 13.8. The summed E-state index contributed by atoms with van der Waals surface area (Å²) in [6, 6.07) is 15.8. The van der Waals surface area contributed by atoms with Crippen molar-refractivity contribution in [3.63, 3.8) is 0 Å². The second-order valence-corrected chi connectivity index (χ2v) is 6.05. The van der Waals surface area contributed by atoms with Gasteiger partial charge >= 0.3 is 0 Å². The van der Waals surface area contributed by atoms with Crippen molar-refractivity contribution < 1.29 is 4.74 Å². The van der Waals surface area contributed by atoms with E-state index in [4.69, 9.17) is 27.9 Å². The first-order valence-corrected chi connectivity index (χ1v) is 7.94. The van der Waals surface area contributed by atoms with Crippen LogP contribution >= 0.6 is 23.2 Å². The van der Waals surface area contributed by atoms with Gasteiger partial charge in [-0.15, -0.1) is 0 Å². The van der Waals surface area contributed by atoms with Gasteiger partial charge in [0.25, 0.3) is 0 Å². The lowest BCUT2D eigenvalue weighted by Crippen LogP contribution is -2.02. The molecule has 0 unspecified atom stereocenters. The van der Waals surface area contributed by atoms with E-state index in [1.54, 1.807) is 7.11 Å². The molecular weight excluding hydrogens is 315 g/mol. The van der Waals surface area contributed by atoms with Crippen molar-refractivity contribution >= 4 is 34.3 Å². The largest absolute Gasteiger partial charge is 0.496 e. The zero-order chi connectivity index (χ0) is 15.5. The molecule has 0 atom stereocenters. The highest BCUT2D eigenvalue weighted by molar-refractivity contribution is 6.31. The van der Waals surface area contributed by atoms with E-state index in [1.165, 1.54) is 5.57 Å². The Morgan fingerprint density at radius 1 is 0.909 bits per heavy atom. The van der Waals surface area contributed by atoms with Gasteiger partial charge in [-0.3, -0.25) is 0 Å². The molecule has 0 bridgehead atoms. The number of ether oxygens (including phenoxy) is 1. The lowest BCUT2D eigenvalue weighted by molar-refractivity contribution is 0.308. The SMILES string of the molecule is COC1=CCCC(c2cccc(Cl)c2)=C1c1ccc(Cl)cc1. The average molecular weight is 331 g/mol. The fraction of sp³-hybridized carbons (Fsp3) is 0.158. The van der Waals surface area contributed by atoms with Crippen LogP contribution in [0.15, 0.2) is 60.4 Å². The summed E-state index contributed by atoms with van der Waals surface area (Å²) in [5.74, 6) is 0.906. The molecule has 22 heavy (non-hydrogen) atoms. The molecule has 0 heterocycles. The summed E-state index contributed by atoms with van der Waals surface area (Å²) in [6.07, 6.45) is 4.06. The summed E-state index contributed by atoms with van der Waals surface area (Å²) in [5.41, 5.74) is 4.61. The molecule has 0 radical (unpaired) electrons. The van der Waals surface area contributed by atoms with E-state index < -0.39 is 0 Å². The minimum atomic E-state index is 0.729. The first kappa shape index (κ1) is 15.2. The normalized spacial score (nSPS) is 14.8. The number of rotatable bonds is 3. The quantitative estimate of drug-likeness (QED) is 0.648. The Morgan fingerprint density at radius 2 is 1.68 bits per heavy atom. The number of methoxy groups -OCH3 is 1. The maximum atomic E-state index is 6.16. The van der Waals surface area contributed by atoms with E-state index in [1.807, 2.05) is 42.5 Å². The molecule has 0 aromatic heterocycles. The molecule has 3 rings (SSSR count). The third kappa shape index (κ3) is 3.06. The van der Waals surface area contributed by atoms with E-state index in [9.17, 15) is 0 Å². The number of benzene rings is 2. The summed E-state index contributed by atoms with van der Waals surface area (Å²) >= 11 is 12.2. The second kappa shape index (κ2) is 6.60. The van der Waals surface area contributed by atoms with Crippen molar-refractivity contribution in [1.82, 2.24) is 0 Å². The van der Waals surface area contributed by atoms with Crippen LogP contribution < -0.4 is 0 Å². The van der Waals surface area contributed by atoms with Gasteiger partial charge in [0.2, 0.25) is 0 Å². The predicted molar refractivity (Wildman–Crippen MR) is 94.0 cm³/mol. The highest BCUT2D eigenvalue weighted by Crippen LogP contribution is 2.39. The first-order chi connectivity index (χ1) is 10.7. The van der Waals surface area contributed by atoms with E-state index in [-0.39, 0.29) is 0 Å². The van der Waals surface area contributed by atoms with Gasteiger partial charge in [0.1, 0.15) is 5.76 Å². The number of hydrogen-bond acceptors (Lipinski definition) is 1. The molecule has 0 fully saturated rings. The molecule has 1 aliphatic carbocycles. The summed E-state index contributed by atoms with van der Waals surface area (Å²) in [6.45, 7) is 0. The Kier molecular flexibility index (Phi) is 4.56. The highest BCUT2D eigenvalue weighted by atomic mass is 35.5. The molecule has 0 saturated heterocycles. The third-order valence-electron chi connectivity index (χ3n) is 3.80. The van der Waals surface area contributed by atoms with Crippen LogP contribution in [-0.2, 0) is 4.74 Å². The van der Waals surface area contributed by atoms with Crippen molar-refractivity contribution in [3.05, 3.63) is 81.5 Å². The van der Waals surface area contributed by atoms with Crippen LogP contribution in [0.2, 0.25) is 10.0 Å². The van der Waals surface area contributed by atoms with Crippen LogP contribution in [0.4, 0.5) is 0 Å². The van der Waals surface area contributed by atoms with Crippen molar-refractivity contribution in [2.75, 3.05) is 7.11 Å². The van der Waals surface area contributed by atoms with Crippen LogP contribution in [0.1, 0.15) is 24.0 Å². The van der Waals surface area contributed by atoms with Crippen molar-refractivity contribution in [2.45, 2.75) is 12.8 Å². The van der Waals surface area contributed by atoms with E-state index in [0.29, 0.717) is 0 Å².